The molecular formula is C15H17FN2O2. The zero-order chi connectivity index (χ0) is 13.9. The highest BCUT2D eigenvalue weighted by Gasteiger charge is 2.18. The van der Waals surface area contributed by atoms with Gasteiger partial charge in [-0.05, 0) is 25.1 Å². The summed E-state index contributed by atoms with van der Waals surface area (Å²) in [4.78, 5) is 6.70. The van der Waals surface area contributed by atoms with Gasteiger partial charge < -0.3 is 9.15 Å². The van der Waals surface area contributed by atoms with Crippen molar-refractivity contribution >= 4 is 0 Å². The van der Waals surface area contributed by atoms with Gasteiger partial charge in [-0.1, -0.05) is 6.07 Å². The van der Waals surface area contributed by atoms with E-state index >= 15 is 0 Å². The van der Waals surface area contributed by atoms with Crippen molar-refractivity contribution in [2.45, 2.75) is 19.6 Å². The average Bonchev–Trinajstić information content (AvgIpc) is 2.87. The van der Waals surface area contributed by atoms with Crippen molar-refractivity contribution in [3.05, 3.63) is 42.0 Å². The van der Waals surface area contributed by atoms with E-state index in [1.165, 1.54) is 12.1 Å². The molecule has 106 valence electrons. The van der Waals surface area contributed by atoms with Crippen LogP contribution in [0.15, 0.2) is 34.9 Å². The molecule has 3 rings (SSSR count). The summed E-state index contributed by atoms with van der Waals surface area (Å²) in [7, 11) is 0. The van der Waals surface area contributed by atoms with Gasteiger partial charge in [0.1, 0.15) is 12.1 Å². The predicted octanol–water partition coefficient (Wildman–Crippen LogP) is 2.70. The monoisotopic (exact) mass is 276 g/mol. The maximum atomic E-state index is 13.2. The van der Waals surface area contributed by atoms with Gasteiger partial charge in [-0.15, -0.1) is 0 Å². The summed E-state index contributed by atoms with van der Waals surface area (Å²) < 4.78 is 24.1. The quantitative estimate of drug-likeness (QED) is 0.864. The molecular weight excluding hydrogens is 259 g/mol. The molecule has 0 bridgehead atoms. The van der Waals surface area contributed by atoms with Crippen molar-refractivity contribution in [2.24, 2.45) is 0 Å². The lowest BCUT2D eigenvalue weighted by Gasteiger charge is -2.30. The second kappa shape index (κ2) is 5.73. The summed E-state index contributed by atoms with van der Waals surface area (Å²) in [6.07, 6.45) is 1.89. The number of benzene rings is 1. The number of halogens is 1. The minimum absolute atomic E-state index is 0.248. The van der Waals surface area contributed by atoms with Gasteiger partial charge in [-0.25, -0.2) is 9.37 Å². The van der Waals surface area contributed by atoms with Crippen molar-refractivity contribution in [2.75, 3.05) is 19.7 Å². The molecule has 1 aromatic carbocycles. The van der Waals surface area contributed by atoms with E-state index in [1.54, 1.807) is 18.4 Å². The van der Waals surface area contributed by atoms with Crippen molar-refractivity contribution in [1.29, 1.82) is 0 Å². The van der Waals surface area contributed by atoms with Crippen LogP contribution >= 0.6 is 0 Å². The average molecular weight is 276 g/mol. The van der Waals surface area contributed by atoms with Crippen molar-refractivity contribution in [3.8, 4) is 11.5 Å². The number of rotatable bonds is 3. The van der Waals surface area contributed by atoms with Gasteiger partial charge in [-0.2, -0.15) is 0 Å². The molecule has 4 nitrogen and oxygen atoms in total. The van der Waals surface area contributed by atoms with E-state index in [2.05, 4.69) is 16.8 Å². The third kappa shape index (κ3) is 3.05. The van der Waals surface area contributed by atoms with Crippen LogP contribution in [-0.2, 0) is 11.3 Å². The lowest BCUT2D eigenvalue weighted by Crippen LogP contribution is -2.40. The van der Waals surface area contributed by atoms with E-state index in [9.17, 15) is 4.39 Å². The maximum absolute atomic E-state index is 13.2. The van der Waals surface area contributed by atoms with E-state index in [4.69, 9.17) is 9.15 Å². The lowest BCUT2D eigenvalue weighted by molar-refractivity contribution is -0.0215. The normalized spacial score (nSPS) is 20.2. The number of hydrogen-bond acceptors (Lipinski definition) is 4. The zero-order valence-corrected chi connectivity index (χ0v) is 11.4. The van der Waals surface area contributed by atoms with Crippen molar-refractivity contribution in [3.63, 3.8) is 0 Å². The third-order valence-electron chi connectivity index (χ3n) is 3.33. The fourth-order valence-electron chi connectivity index (χ4n) is 2.40. The van der Waals surface area contributed by atoms with Crippen LogP contribution in [0.3, 0.4) is 0 Å². The Kier molecular flexibility index (Phi) is 3.80. The van der Waals surface area contributed by atoms with Gasteiger partial charge in [0, 0.05) is 25.2 Å². The summed E-state index contributed by atoms with van der Waals surface area (Å²) in [6.45, 7) is 5.32. The fourth-order valence-corrected chi connectivity index (χ4v) is 2.40. The van der Waals surface area contributed by atoms with E-state index in [1.807, 2.05) is 0 Å². The van der Waals surface area contributed by atoms with Gasteiger partial charge in [0.15, 0.2) is 0 Å². The van der Waals surface area contributed by atoms with Crippen molar-refractivity contribution in [1.82, 2.24) is 9.88 Å². The largest absolute Gasteiger partial charge is 0.444 e. The van der Waals surface area contributed by atoms with Gasteiger partial charge in [0.05, 0.1) is 18.4 Å². The Morgan fingerprint density at radius 3 is 3.15 bits per heavy atom. The maximum Gasteiger partial charge on any atom is 0.226 e. The first-order chi connectivity index (χ1) is 9.70. The van der Waals surface area contributed by atoms with Crippen LogP contribution in [0.5, 0.6) is 0 Å². The molecule has 0 unspecified atom stereocenters. The van der Waals surface area contributed by atoms with Crippen LogP contribution in [-0.4, -0.2) is 35.7 Å². The Morgan fingerprint density at radius 1 is 1.45 bits per heavy atom. The third-order valence-corrected chi connectivity index (χ3v) is 3.33. The van der Waals surface area contributed by atoms with Crippen molar-refractivity contribution < 1.29 is 13.5 Å². The summed E-state index contributed by atoms with van der Waals surface area (Å²) in [6, 6.07) is 6.27. The molecule has 20 heavy (non-hydrogen) atoms. The number of aromatic nitrogens is 1. The van der Waals surface area contributed by atoms with Crippen LogP contribution in [0.25, 0.3) is 11.5 Å². The van der Waals surface area contributed by atoms with E-state index < -0.39 is 0 Å². The smallest absolute Gasteiger partial charge is 0.226 e. The van der Waals surface area contributed by atoms with Gasteiger partial charge >= 0.3 is 0 Å². The van der Waals surface area contributed by atoms with Gasteiger partial charge in [0.25, 0.3) is 0 Å². The summed E-state index contributed by atoms with van der Waals surface area (Å²) in [5.41, 5.74) is 1.52. The highest BCUT2D eigenvalue weighted by atomic mass is 19.1. The highest BCUT2D eigenvalue weighted by Crippen LogP contribution is 2.20. The number of nitrogens with zero attached hydrogens (tertiary/aromatic N) is 2. The first kappa shape index (κ1) is 13.3. The molecule has 1 atom stereocenters. The van der Waals surface area contributed by atoms with E-state index in [0.29, 0.717) is 11.5 Å². The second-order valence-corrected chi connectivity index (χ2v) is 5.07. The first-order valence-corrected chi connectivity index (χ1v) is 6.75. The van der Waals surface area contributed by atoms with Crippen LogP contribution in [0.1, 0.15) is 12.6 Å². The van der Waals surface area contributed by atoms with Crippen LogP contribution in [0.4, 0.5) is 4.39 Å². The predicted molar refractivity (Wildman–Crippen MR) is 72.6 cm³/mol. The second-order valence-electron chi connectivity index (χ2n) is 5.07. The zero-order valence-electron chi connectivity index (χ0n) is 11.4. The summed E-state index contributed by atoms with van der Waals surface area (Å²) in [5.74, 6) is 0.171. The minimum Gasteiger partial charge on any atom is -0.444 e. The standard InChI is InChI=1S/C15H17FN2O2/c1-11-8-18(5-6-19-11)9-14-10-20-15(17-14)12-3-2-4-13(16)7-12/h2-4,7,10-11H,5-6,8-9H2,1H3/t11-/m1/s1. The van der Waals surface area contributed by atoms with Crippen LogP contribution in [0, 0.1) is 5.82 Å². The number of morpholine rings is 1. The number of ether oxygens (including phenoxy) is 1. The molecule has 1 fully saturated rings. The Morgan fingerprint density at radius 2 is 2.35 bits per heavy atom. The van der Waals surface area contributed by atoms with Gasteiger partial charge in [-0.3, -0.25) is 4.90 Å². The molecule has 1 aliphatic heterocycles. The summed E-state index contributed by atoms with van der Waals surface area (Å²) in [5, 5.41) is 0. The Balaban J connectivity index is 1.70. The number of hydrogen-bond donors (Lipinski definition) is 0. The fraction of sp³-hybridized carbons (Fsp3) is 0.400. The Hall–Kier alpha value is -1.72. The molecule has 0 aliphatic carbocycles. The topological polar surface area (TPSA) is 38.5 Å². The van der Waals surface area contributed by atoms with E-state index in [-0.39, 0.29) is 11.9 Å². The molecule has 2 heterocycles. The Bertz CT molecular complexity index is 585. The minimum atomic E-state index is -0.288. The molecule has 0 N–H and O–H groups in total. The lowest BCUT2D eigenvalue weighted by atomic mass is 10.2. The van der Waals surface area contributed by atoms with Gasteiger partial charge in [0.2, 0.25) is 5.89 Å². The van der Waals surface area contributed by atoms with Crippen LogP contribution in [0.2, 0.25) is 0 Å². The first-order valence-electron chi connectivity index (χ1n) is 6.75. The molecule has 0 radical (unpaired) electrons. The number of oxazole rings is 1. The molecule has 0 saturated carbocycles. The summed E-state index contributed by atoms with van der Waals surface area (Å²) >= 11 is 0. The van der Waals surface area contributed by atoms with Crippen LogP contribution < -0.4 is 0 Å². The highest BCUT2D eigenvalue weighted by molar-refractivity contribution is 5.52. The Labute approximate surface area is 117 Å². The molecule has 1 saturated heterocycles. The molecule has 1 aliphatic rings. The van der Waals surface area contributed by atoms with E-state index in [0.717, 1.165) is 31.9 Å². The molecule has 2 aromatic rings. The molecule has 1 aromatic heterocycles. The molecule has 0 spiro atoms. The molecule has 5 heteroatoms. The SMILES string of the molecule is C[C@@H]1CN(Cc2coc(-c3cccc(F)c3)n2)CCO1. The molecule has 0 amide bonds.